The summed E-state index contributed by atoms with van der Waals surface area (Å²) in [7, 11) is 6.75. The Bertz CT molecular complexity index is 568. The Balaban J connectivity index is 2.38. The first kappa shape index (κ1) is 13.9. The molecule has 106 valence electrons. The van der Waals surface area contributed by atoms with E-state index in [1.54, 1.807) is 14.2 Å². The van der Waals surface area contributed by atoms with Crippen LogP contribution in [0.3, 0.4) is 0 Å². The van der Waals surface area contributed by atoms with Crippen LogP contribution in [0.25, 0.3) is 0 Å². The zero-order valence-electron chi connectivity index (χ0n) is 11.9. The van der Waals surface area contributed by atoms with Gasteiger partial charge in [-0.1, -0.05) is 6.07 Å². The van der Waals surface area contributed by atoms with Crippen molar-refractivity contribution in [3.05, 3.63) is 24.3 Å². The van der Waals surface area contributed by atoms with Gasteiger partial charge in [0.2, 0.25) is 11.9 Å². The van der Waals surface area contributed by atoms with Crippen LogP contribution in [-0.4, -0.2) is 43.3 Å². The quantitative estimate of drug-likeness (QED) is 0.890. The molecule has 2 aromatic rings. The van der Waals surface area contributed by atoms with E-state index in [0.717, 1.165) is 11.4 Å². The van der Waals surface area contributed by atoms with Crippen LogP contribution >= 0.6 is 0 Å². The number of ether oxygens (including phenoxy) is 2. The Labute approximate surface area is 117 Å². The van der Waals surface area contributed by atoms with Crippen molar-refractivity contribution in [3.63, 3.8) is 0 Å². The first-order valence-corrected chi connectivity index (χ1v) is 6.03. The Morgan fingerprint density at radius 1 is 1.10 bits per heavy atom. The van der Waals surface area contributed by atoms with E-state index in [-0.39, 0.29) is 6.01 Å². The molecule has 7 nitrogen and oxygen atoms in total. The lowest BCUT2D eigenvalue weighted by Gasteiger charge is -2.18. The molecule has 0 aliphatic heterocycles. The van der Waals surface area contributed by atoms with E-state index < -0.39 is 0 Å². The van der Waals surface area contributed by atoms with Gasteiger partial charge in [0.25, 0.3) is 0 Å². The maximum absolute atomic E-state index is 5.21. The summed E-state index contributed by atoms with van der Waals surface area (Å²) in [4.78, 5) is 14.4. The first-order valence-electron chi connectivity index (χ1n) is 6.03. The summed E-state index contributed by atoms with van der Waals surface area (Å²) in [6, 6.07) is 7.88. The summed E-state index contributed by atoms with van der Waals surface area (Å²) in [5.74, 6) is 1.69. The van der Waals surface area contributed by atoms with Gasteiger partial charge in [-0.25, -0.2) is 0 Å². The molecule has 0 unspecified atom stereocenters. The smallest absolute Gasteiger partial charge is 0.322 e. The Morgan fingerprint density at radius 3 is 2.55 bits per heavy atom. The Morgan fingerprint density at radius 2 is 1.90 bits per heavy atom. The fourth-order valence-corrected chi connectivity index (χ4v) is 1.63. The van der Waals surface area contributed by atoms with Gasteiger partial charge in [-0.15, -0.1) is 0 Å². The van der Waals surface area contributed by atoms with E-state index >= 15 is 0 Å². The molecule has 0 atom stereocenters. The Hall–Kier alpha value is -2.57. The molecule has 0 fully saturated rings. The summed E-state index contributed by atoms with van der Waals surface area (Å²) in [5, 5.41) is 2.88. The average molecular weight is 275 g/mol. The van der Waals surface area contributed by atoms with Crippen molar-refractivity contribution in [1.29, 1.82) is 0 Å². The molecule has 0 aliphatic carbocycles. The van der Waals surface area contributed by atoms with Crippen molar-refractivity contribution in [1.82, 2.24) is 15.0 Å². The molecule has 0 bridgehead atoms. The first-order chi connectivity index (χ1) is 9.67. The van der Waals surface area contributed by atoms with Crippen molar-refractivity contribution < 1.29 is 9.47 Å². The van der Waals surface area contributed by atoms with Crippen LogP contribution in [0.5, 0.6) is 11.8 Å². The molecule has 0 spiro atoms. The topological polar surface area (TPSA) is 72.4 Å². The van der Waals surface area contributed by atoms with Crippen molar-refractivity contribution >= 4 is 17.6 Å². The number of hydrogen-bond donors (Lipinski definition) is 1. The van der Waals surface area contributed by atoms with Crippen molar-refractivity contribution in [2.24, 2.45) is 0 Å². The molecule has 0 aliphatic rings. The molecule has 0 saturated carbocycles. The second-order valence-electron chi connectivity index (χ2n) is 3.96. The van der Waals surface area contributed by atoms with E-state index in [0.29, 0.717) is 11.9 Å². The highest BCUT2D eigenvalue weighted by Gasteiger charge is 2.12. The van der Waals surface area contributed by atoms with E-state index in [1.807, 2.05) is 36.2 Å². The summed E-state index contributed by atoms with van der Waals surface area (Å²) < 4.78 is 10.3. The molecular weight excluding hydrogens is 258 g/mol. The standard InChI is InChI=1S/C13H17N5O2/c1-14-11-15-12(17-13(16-11)20-4)18(2)9-6-5-7-10(8-9)19-3/h5-8H,1-4H3,(H,14,15,16,17). The molecule has 7 heteroatoms. The van der Waals surface area contributed by atoms with Crippen LogP contribution in [0.4, 0.5) is 17.6 Å². The molecule has 0 amide bonds. The average Bonchev–Trinajstić information content (AvgIpc) is 2.53. The number of rotatable bonds is 5. The molecule has 0 saturated heterocycles. The SMILES string of the molecule is CNc1nc(OC)nc(N(C)c2cccc(OC)c2)n1. The molecule has 1 aromatic heterocycles. The second-order valence-corrected chi connectivity index (χ2v) is 3.96. The maximum atomic E-state index is 5.21. The molecule has 20 heavy (non-hydrogen) atoms. The third kappa shape index (κ3) is 2.87. The van der Waals surface area contributed by atoms with Gasteiger partial charge in [-0.2, -0.15) is 15.0 Å². The number of nitrogens with zero attached hydrogens (tertiary/aromatic N) is 4. The minimum absolute atomic E-state index is 0.258. The zero-order chi connectivity index (χ0) is 14.5. The third-order valence-corrected chi connectivity index (χ3v) is 2.75. The fourth-order valence-electron chi connectivity index (χ4n) is 1.63. The molecule has 1 aromatic carbocycles. The van der Waals surface area contributed by atoms with Crippen LogP contribution in [0, 0.1) is 0 Å². The van der Waals surface area contributed by atoms with Crippen LogP contribution < -0.4 is 19.7 Å². The van der Waals surface area contributed by atoms with Crippen molar-refractivity contribution in [2.75, 3.05) is 38.5 Å². The zero-order valence-corrected chi connectivity index (χ0v) is 11.9. The third-order valence-electron chi connectivity index (χ3n) is 2.75. The van der Waals surface area contributed by atoms with E-state index in [4.69, 9.17) is 9.47 Å². The number of benzene rings is 1. The van der Waals surface area contributed by atoms with E-state index in [2.05, 4.69) is 20.3 Å². The fraction of sp³-hybridized carbons (Fsp3) is 0.308. The predicted octanol–water partition coefficient (Wildman–Crippen LogP) is 1.70. The summed E-state index contributed by atoms with van der Waals surface area (Å²) in [6.45, 7) is 0. The van der Waals surface area contributed by atoms with Crippen molar-refractivity contribution in [2.45, 2.75) is 0 Å². The van der Waals surface area contributed by atoms with Crippen LogP contribution in [-0.2, 0) is 0 Å². The summed E-state index contributed by atoms with van der Waals surface area (Å²) in [5.41, 5.74) is 0.902. The highest BCUT2D eigenvalue weighted by atomic mass is 16.5. The van der Waals surface area contributed by atoms with Crippen LogP contribution in [0.1, 0.15) is 0 Å². The van der Waals surface area contributed by atoms with Gasteiger partial charge >= 0.3 is 6.01 Å². The van der Waals surface area contributed by atoms with Gasteiger partial charge in [0.1, 0.15) is 5.75 Å². The maximum Gasteiger partial charge on any atom is 0.322 e. The molecule has 0 radical (unpaired) electrons. The number of methoxy groups -OCH3 is 2. The lowest BCUT2D eigenvalue weighted by Crippen LogP contribution is -2.15. The van der Waals surface area contributed by atoms with Gasteiger partial charge in [0.15, 0.2) is 0 Å². The number of anilines is 3. The molecule has 2 rings (SSSR count). The second kappa shape index (κ2) is 6.05. The minimum atomic E-state index is 0.258. The molecule has 1 N–H and O–H groups in total. The normalized spacial score (nSPS) is 10.0. The van der Waals surface area contributed by atoms with Gasteiger partial charge in [0, 0.05) is 25.8 Å². The molecular formula is C13H17N5O2. The summed E-state index contributed by atoms with van der Waals surface area (Å²) in [6.07, 6.45) is 0. The predicted molar refractivity (Wildman–Crippen MR) is 77.0 cm³/mol. The minimum Gasteiger partial charge on any atom is -0.497 e. The van der Waals surface area contributed by atoms with Crippen LogP contribution in [0.15, 0.2) is 24.3 Å². The highest BCUT2D eigenvalue weighted by Crippen LogP contribution is 2.25. The van der Waals surface area contributed by atoms with Gasteiger partial charge < -0.3 is 19.7 Å². The summed E-state index contributed by atoms with van der Waals surface area (Å²) >= 11 is 0. The Kier molecular flexibility index (Phi) is 4.19. The number of nitrogens with one attached hydrogen (secondary N) is 1. The molecule has 1 heterocycles. The lowest BCUT2D eigenvalue weighted by molar-refractivity contribution is 0.379. The lowest BCUT2D eigenvalue weighted by atomic mass is 10.3. The highest BCUT2D eigenvalue weighted by molar-refractivity contribution is 5.59. The van der Waals surface area contributed by atoms with Gasteiger partial charge in [-0.3, -0.25) is 0 Å². The van der Waals surface area contributed by atoms with E-state index in [1.165, 1.54) is 7.11 Å². The number of hydrogen-bond acceptors (Lipinski definition) is 7. The largest absolute Gasteiger partial charge is 0.497 e. The van der Waals surface area contributed by atoms with E-state index in [9.17, 15) is 0 Å². The van der Waals surface area contributed by atoms with Gasteiger partial charge in [-0.05, 0) is 12.1 Å². The monoisotopic (exact) mass is 275 g/mol. The van der Waals surface area contributed by atoms with Crippen molar-refractivity contribution in [3.8, 4) is 11.8 Å². The van der Waals surface area contributed by atoms with Gasteiger partial charge in [0.05, 0.1) is 14.2 Å². The van der Waals surface area contributed by atoms with Crippen LogP contribution in [0.2, 0.25) is 0 Å². The number of aromatic nitrogens is 3.